The Morgan fingerprint density at radius 2 is 1.65 bits per heavy atom. The van der Waals surface area contributed by atoms with Gasteiger partial charge in [0.1, 0.15) is 11.6 Å². The molecule has 1 rings (SSSR count). The summed E-state index contributed by atoms with van der Waals surface area (Å²) in [6.45, 7) is 0. The minimum absolute atomic E-state index is 0.742. The number of ketones is 1. The fraction of sp³-hybridized carbons (Fsp3) is 0.300. The number of rotatable bonds is 4. The van der Waals surface area contributed by atoms with Crippen molar-refractivity contribution in [1.29, 1.82) is 0 Å². The SMILES string of the molecule is O=C(Cc1c(F)cccc1F)C(F)(F)C(F)F. The molecule has 0 atom stereocenters. The molecule has 0 unspecified atom stereocenters. The summed E-state index contributed by atoms with van der Waals surface area (Å²) >= 11 is 0. The standard InChI is InChI=1S/C10H6F6O/c11-6-2-1-3-7(12)5(6)4-8(17)10(15,16)9(13)14/h1-3,9H,4H2. The highest BCUT2D eigenvalue weighted by Gasteiger charge is 2.48. The van der Waals surface area contributed by atoms with E-state index in [1.54, 1.807) is 0 Å². The Kier molecular flexibility index (Phi) is 3.79. The molecule has 0 aromatic heterocycles. The average molecular weight is 256 g/mol. The molecule has 0 N–H and O–H groups in total. The Morgan fingerprint density at radius 1 is 1.18 bits per heavy atom. The fourth-order valence-corrected chi connectivity index (χ4v) is 1.10. The highest BCUT2D eigenvalue weighted by atomic mass is 19.3. The topological polar surface area (TPSA) is 17.1 Å². The molecule has 0 amide bonds. The van der Waals surface area contributed by atoms with Gasteiger partial charge in [0.2, 0.25) is 5.78 Å². The second-order valence-corrected chi connectivity index (χ2v) is 3.22. The summed E-state index contributed by atoms with van der Waals surface area (Å²) < 4.78 is 74.7. The van der Waals surface area contributed by atoms with E-state index in [9.17, 15) is 31.1 Å². The molecule has 1 nitrogen and oxygen atoms in total. The van der Waals surface area contributed by atoms with Gasteiger partial charge in [-0.2, -0.15) is 8.78 Å². The van der Waals surface area contributed by atoms with Gasteiger partial charge in [-0.1, -0.05) is 6.07 Å². The first-order valence-electron chi connectivity index (χ1n) is 4.39. The minimum Gasteiger partial charge on any atom is -0.292 e. The van der Waals surface area contributed by atoms with Gasteiger partial charge in [-0.05, 0) is 12.1 Å². The van der Waals surface area contributed by atoms with E-state index in [4.69, 9.17) is 0 Å². The van der Waals surface area contributed by atoms with Gasteiger partial charge in [0, 0.05) is 12.0 Å². The van der Waals surface area contributed by atoms with Gasteiger partial charge in [0.25, 0.3) is 0 Å². The third-order valence-electron chi connectivity index (χ3n) is 2.04. The molecule has 7 heteroatoms. The minimum atomic E-state index is -4.91. The van der Waals surface area contributed by atoms with Crippen LogP contribution in [0.2, 0.25) is 0 Å². The molecule has 0 heterocycles. The molecule has 0 radical (unpaired) electrons. The predicted molar refractivity (Wildman–Crippen MR) is 46.0 cm³/mol. The third-order valence-corrected chi connectivity index (χ3v) is 2.04. The molecule has 94 valence electrons. The first kappa shape index (κ1) is 13.5. The molecule has 0 aliphatic carbocycles. The van der Waals surface area contributed by atoms with Crippen molar-refractivity contribution in [2.75, 3.05) is 0 Å². The third kappa shape index (κ3) is 2.78. The lowest BCUT2D eigenvalue weighted by Crippen LogP contribution is -2.38. The zero-order chi connectivity index (χ0) is 13.2. The molecular formula is C10H6F6O. The summed E-state index contributed by atoms with van der Waals surface area (Å²) in [5.74, 6) is -9.60. The van der Waals surface area contributed by atoms with Crippen molar-refractivity contribution in [3.05, 3.63) is 35.4 Å². The van der Waals surface area contributed by atoms with Crippen LogP contribution in [-0.4, -0.2) is 18.1 Å². The fourth-order valence-electron chi connectivity index (χ4n) is 1.10. The number of carbonyl (C=O) groups is 1. The first-order chi connectivity index (χ1) is 7.76. The van der Waals surface area contributed by atoms with Crippen molar-refractivity contribution in [3.63, 3.8) is 0 Å². The Morgan fingerprint density at radius 3 is 2.06 bits per heavy atom. The maximum Gasteiger partial charge on any atom is 0.364 e. The molecule has 0 aliphatic heterocycles. The van der Waals surface area contributed by atoms with Crippen molar-refractivity contribution < 1.29 is 31.1 Å². The summed E-state index contributed by atoms with van der Waals surface area (Å²) in [7, 11) is 0. The van der Waals surface area contributed by atoms with Crippen LogP contribution in [0.3, 0.4) is 0 Å². The molecule has 1 aromatic rings. The smallest absolute Gasteiger partial charge is 0.292 e. The zero-order valence-electron chi connectivity index (χ0n) is 8.19. The van der Waals surface area contributed by atoms with Crippen LogP contribution in [0, 0.1) is 11.6 Å². The highest BCUT2D eigenvalue weighted by Crippen LogP contribution is 2.26. The maximum absolute atomic E-state index is 13.0. The van der Waals surface area contributed by atoms with Crippen LogP contribution in [0.15, 0.2) is 18.2 Å². The molecule has 0 saturated heterocycles. The van der Waals surface area contributed by atoms with Gasteiger partial charge in [0.05, 0.1) is 0 Å². The zero-order valence-corrected chi connectivity index (χ0v) is 8.19. The molecule has 0 saturated carbocycles. The number of carbonyl (C=O) groups excluding carboxylic acids is 1. The van der Waals surface area contributed by atoms with E-state index in [1.165, 1.54) is 0 Å². The van der Waals surface area contributed by atoms with Crippen molar-refractivity contribution in [2.24, 2.45) is 0 Å². The molecule has 17 heavy (non-hydrogen) atoms. The Labute approximate surface area is 92.0 Å². The van der Waals surface area contributed by atoms with Crippen LogP contribution in [0.1, 0.15) is 5.56 Å². The second kappa shape index (κ2) is 4.77. The molecule has 0 spiro atoms. The number of alkyl halides is 4. The van der Waals surface area contributed by atoms with Crippen molar-refractivity contribution in [2.45, 2.75) is 18.8 Å². The van der Waals surface area contributed by atoms with E-state index in [0.29, 0.717) is 0 Å². The van der Waals surface area contributed by atoms with E-state index in [2.05, 4.69) is 0 Å². The van der Waals surface area contributed by atoms with Crippen LogP contribution in [-0.2, 0) is 11.2 Å². The molecule has 0 bridgehead atoms. The van der Waals surface area contributed by atoms with Gasteiger partial charge in [-0.3, -0.25) is 4.79 Å². The van der Waals surface area contributed by atoms with Crippen molar-refractivity contribution in [3.8, 4) is 0 Å². The van der Waals surface area contributed by atoms with Gasteiger partial charge in [-0.25, -0.2) is 17.6 Å². The van der Waals surface area contributed by atoms with Crippen LogP contribution < -0.4 is 0 Å². The van der Waals surface area contributed by atoms with E-state index in [1.807, 2.05) is 0 Å². The lowest BCUT2D eigenvalue weighted by atomic mass is 10.0. The summed E-state index contributed by atoms with van der Waals surface area (Å²) in [5, 5.41) is 0. The van der Waals surface area contributed by atoms with Gasteiger partial charge >= 0.3 is 12.3 Å². The van der Waals surface area contributed by atoms with Crippen molar-refractivity contribution >= 4 is 5.78 Å². The van der Waals surface area contributed by atoms with Crippen LogP contribution in [0.25, 0.3) is 0 Å². The van der Waals surface area contributed by atoms with Crippen LogP contribution in [0.5, 0.6) is 0 Å². The summed E-state index contributed by atoms with van der Waals surface area (Å²) in [4.78, 5) is 10.8. The number of halogens is 6. The van der Waals surface area contributed by atoms with Gasteiger partial charge < -0.3 is 0 Å². The first-order valence-corrected chi connectivity index (χ1v) is 4.39. The van der Waals surface area contributed by atoms with Gasteiger partial charge in [-0.15, -0.1) is 0 Å². The number of benzene rings is 1. The molecule has 0 fully saturated rings. The lowest BCUT2D eigenvalue weighted by Gasteiger charge is -2.14. The monoisotopic (exact) mass is 256 g/mol. The van der Waals surface area contributed by atoms with Crippen molar-refractivity contribution in [1.82, 2.24) is 0 Å². The van der Waals surface area contributed by atoms with Crippen LogP contribution >= 0.6 is 0 Å². The van der Waals surface area contributed by atoms with E-state index >= 15 is 0 Å². The lowest BCUT2D eigenvalue weighted by molar-refractivity contribution is -0.166. The average Bonchev–Trinajstić information content (AvgIpc) is 2.23. The highest BCUT2D eigenvalue weighted by molar-refractivity contribution is 5.88. The molecule has 0 aliphatic rings. The summed E-state index contributed by atoms with van der Waals surface area (Å²) in [6, 6.07) is 2.45. The summed E-state index contributed by atoms with van der Waals surface area (Å²) in [6.07, 6.45) is -5.62. The second-order valence-electron chi connectivity index (χ2n) is 3.22. The van der Waals surface area contributed by atoms with E-state index < -0.39 is 41.7 Å². The Bertz CT molecular complexity index is 409. The Hall–Kier alpha value is -1.53. The number of hydrogen-bond donors (Lipinski definition) is 0. The molecule has 1 aromatic carbocycles. The van der Waals surface area contributed by atoms with E-state index in [-0.39, 0.29) is 0 Å². The molecular weight excluding hydrogens is 250 g/mol. The normalized spacial score (nSPS) is 11.9. The number of hydrogen-bond acceptors (Lipinski definition) is 1. The maximum atomic E-state index is 13.0. The van der Waals surface area contributed by atoms with Gasteiger partial charge in [0.15, 0.2) is 0 Å². The number of Topliss-reactive ketones (excluding diaryl/α,β-unsaturated/α-hetero) is 1. The van der Waals surface area contributed by atoms with E-state index in [0.717, 1.165) is 18.2 Å². The Balaban J connectivity index is 2.96. The quantitative estimate of drug-likeness (QED) is 0.757. The largest absolute Gasteiger partial charge is 0.364 e. The predicted octanol–water partition coefficient (Wildman–Crippen LogP) is 2.98. The summed E-state index contributed by atoms with van der Waals surface area (Å²) in [5.41, 5.74) is -0.946. The van der Waals surface area contributed by atoms with Crippen LogP contribution in [0.4, 0.5) is 26.3 Å².